The van der Waals surface area contributed by atoms with Crippen molar-refractivity contribution in [3.8, 4) is 5.75 Å². The summed E-state index contributed by atoms with van der Waals surface area (Å²) in [5, 5.41) is 3.30. The van der Waals surface area contributed by atoms with Crippen molar-refractivity contribution in [2.45, 2.75) is 32.2 Å². The Morgan fingerprint density at radius 2 is 2.10 bits per heavy atom. The third-order valence-corrected chi connectivity index (χ3v) is 3.50. The third kappa shape index (κ3) is 4.61. The fourth-order valence-corrected chi connectivity index (χ4v) is 2.58. The highest BCUT2D eigenvalue weighted by Crippen LogP contribution is 2.40. The quantitative estimate of drug-likeness (QED) is 0.814. The van der Waals surface area contributed by atoms with E-state index in [1.165, 1.54) is 12.1 Å². The largest absolute Gasteiger partial charge is 0.573 e. The zero-order valence-electron chi connectivity index (χ0n) is 12.0. The molecule has 1 heterocycles. The summed E-state index contributed by atoms with van der Waals surface area (Å²) in [5.74, 6) is -0.00748. The first-order valence-corrected chi connectivity index (χ1v) is 7.18. The summed E-state index contributed by atoms with van der Waals surface area (Å²) in [4.78, 5) is 0. The van der Waals surface area contributed by atoms with Crippen LogP contribution in [-0.4, -0.2) is 26.1 Å². The summed E-state index contributed by atoms with van der Waals surface area (Å²) in [6.07, 6.45) is -3.19. The molecular weight excluding hydrogens is 283 g/mol. The Hall–Kier alpha value is -1.27. The van der Waals surface area contributed by atoms with Gasteiger partial charge in [0, 0.05) is 24.6 Å². The average molecular weight is 303 g/mol. The molecule has 1 aliphatic rings. The second-order valence-corrected chi connectivity index (χ2v) is 5.13. The van der Waals surface area contributed by atoms with Gasteiger partial charge in [0.15, 0.2) is 0 Å². The summed E-state index contributed by atoms with van der Waals surface area (Å²) in [5.41, 5.74) is 0.468. The number of hydrogen-bond acceptors (Lipinski definition) is 3. The standard InChI is InChI=1S/C15H20F3NO2/c1-2-8-19-10-11-7-9-20-14(11)12-5-3-4-6-13(12)21-15(16,17)18/h3-6,11,14,19H,2,7-10H2,1H3. The van der Waals surface area contributed by atoms with Crippen molar-refractivity contribution < 1.29 is 22.6 Å². The molecule has 2 atom stereocenters. The molecule has 0 aromatic heterocycles. The minimum atomic E-state index is -4.69. The van der Waals surface area contributed by atoms with E-state index in [1.54, 1.807) is 12.1 Å². The molecule has 3 nitrogen and oxygen atoms in total. The van der Waals surface area contributed by atoms with Crippen LogP contribution >= 0.6 is 0 Å². The average Bonchev–Trinajstić information content (AvgIpc) is 2.86. The molecule has 0 bridgehead atoms. The molecule has 21 heavy (non-hydrogen) atoms. The first kappa shape index (κ1) is 16.1. The van der Waals surface area contributed by atoms with Crippen LogP contribution in [0.3, 0.4) is 0 Å². The van der Waals surface area contributed by atoms with Crippen LogP contribution in [-0.2, 0) is 4.74 Å². The third-order valence-electron chi connectivity index (χ3n) is 3.50. The first-order chi connectivity index (χ1) is 10.0. The van der Waals surface area contributed by atoms with Gasteiger partial charge in [0.1, 0.15) is 5.75 Å². The lowest BCUT2D eigenvalue weighted by Gasteiger charge is -2.22. The molecule has 0 spiro atoms. The van der Waals surface area contributed by atoms with Gasteiger partial charge in [-0.05, 0) is 25.5 Å². The summed E-state index contributed by atoms with van der Waals surface area (Å²) < 4.78 is 47.2. The topological polar surface area (TPSA) is 30.5 Å². The van der Waals surface area contributed by atoms with E-state index in [1.807, 2.05) is 0 Å². The fraction of sp³-hybridized carbons (Fsp3) is 0.600. The second-order valence-electron chi connectivity index (χ2n) is 5.13. The van der Waals surface area contributed by atoms with Crippen LogP contribution in [0.2, 0.25) is 0 Å². The number of rotatable bonds is 6. The fourth-order valence-electron chi connectivity index (χ4n) is 2.58. The van der Waals surface area contributed by atoms with E-state index in [0.29, 0.717) is 12.2 Å². The lowest BCUT2D eigenvalue weighted by molar-refractivity contribution is -0.275. The molecule has 2 rings (SSSR count). The summed E-state index contributed by atoms with van der Waals surface area (Å²) in [6, 6.07) is 6.21. The lowest BCUT2D eigenvalue weighted by atomic mass is 9.94. The Bertz CT molecular complexity index is 451. The Labute approximate surface area is 122 Å². The number of nitrogens with one attached hydrogen (secondary N) is 1. The van der Waals surface area contributed by atoms with E-state index in [9.17, 15) is 13.2 Å². The van der Waals surface area contributed by atoms with E-state index in [0.717, 1.165) is 25.9 Å². The van der Waals surface area contributed by atoms with Gasteiger partial charge >= 0.3 is 6.36 Å². The van der Waals surface area contributed by atoms with Crippen LogP contribution in [0, 0.1) is 5.92 Å². The maximum atomic E-state index is 12.5. The second kappa shape index (κ2) is 7.13. The maximum Gasteiger partial charge on any atom is 0.573 e. The predicted octanol–water partition coefficient (Wildman–Crippen LogP) is 3.66. The van der Waals surface area contributed by atoms with Gasteiger partial charge < -0.3 is 14.8 Å². The number of benzene rings is 1. The number of halogens is 3. The van der Waals surface area contributed by atoms with Gasteiger partial charge in [0.2, 0.25) is 0 Å². The zero-order valence-corrected chi connectivity index (χ0v) is 12.0. The van der Waals surface area contributed by atoms with Crippen LogP contribution in [0.5, 0.6) is 5.75 Å². The van der Waals surface area contributed by atoms with E-state index >= 15 is 0 Å². The molecule has 1 fully saturated rings. The van der Waals surface area contributed by atoms with Crippen molar-refractivity contribution in [1.29, 1.82) is 0 Å². The SMILES string of the molecule is CCCNCC1CCOC1c1ccccc1OC(F)(F)F. The highest BCUT2D eigenvalue weighted by Gasteiger charge is 2.36. The summed E-state index contributed by atoms with van der Waals surface area (Å²) in [6.45, 7) is 4.26. The molecule has 1 aromatic carbocycles. The van der Waals surface area contributed by atoms with Gasteiger partial charge in [-0.2, -0.15) is 0 Å². The van der Waals surface area contributed by atoms with Crippen LogP contribution < -0.4 is 10.1 Å². The van der Waals surface area contributed by atoms with Crippen molar-refractivity contribution >= 4 is 0 Å². The molecule has 1 aromatic rings. The van der Waals surface area contributed by atoms with Crippen molar-refractivity contribution in [3.63, 3.8) is 0 Å². The molecule has 0 radical (unpaired) electrons. The van der Waals surface area contributed by atoms with Crippen LogP contribution in [0.15, 0.2) is 24.3 Å². The summed E-state index contributed by atoms with van der Waals surface area (Å²) >= 11 is 0. The molecule has 1 N–H and O–H groups in total. The lowest BCUT2D eigenvalue weighted by Crippen LogP contribution is -2.26. The van der Waals surface area contributed by atoms with Crippen molar-refractivity contribution in [2.24, 2.45) is 5.92 Å². The first-order valence-electron chi connectivity index (χ1n) is 7.18. The normalized spacial score (nSPS) is 22.5. The van der Waals surface area contributed by atoms with Crippen LogP contribution in [0.1, 0.15) is 31.4 Å². The number of hydrogen-bond donors (Lipinski definition) is 1. The monoisotopic (exact) mass is 303 g/mol. The zero-order chi connectivity index (χ0) is 15.3. The summed E-state index contributed by atoms with van der Waals surface area (Å²) in [7, 11) is 0. The van der Waals surface area contributed by atoms with Crippen LogP contribution in [0.4, 0.5) is 13.2 Å². The van der Waals surface area contributed by atoms with Gasteiger partial charge in [-0.1, -0.05) is 25.1 Å². The number of ether oxygens (including phenoxy) is 2. The molecule has 0 amide bonds. The minimum Gasteiger partial charge on any atom is -0.405 e. The van der Waals surface area contributed by atoms with Gasteiger partial charge in [-0.3, -0.25) is 0 Å². The van der Waals surface area contributed by atoms with Gasteiger partial charge in [0.25, 0.3) is 0 Å². The molecule has 1 saturated heterocycles. The highest BCUT2D eigenvalue weighted by molar-refractivity contribution is 5.36. The van der Waals surface area contributed by atoms with Gasteiger partial charge in [0.05, 0.1) is 6.10 Å². The molecule has 118 valence electrons. The number of alkyl halides is 3. The Kier molecular flexibility index (Phi) is 5.47. The molecule has 6 heteroatoms. The minimum absolute atomic E-state index is 0.162. The van der Waals surface area contributed by atoms with E-state index in [4.69, 9.17) is 4.74 Å². The van der Waals surface area contributed by atoms with Crippen molar-refractivity contribution in [3.05, 3.63) is 29.8 Å². The van der Waals surface area contributed by atoms with Gasteiger partial charge in [-0.25, -0.2) is 0 Å². The van der Waals surface area contributed by atoms with Crippen molar-refractivity contribution in [2.75, 3.05) is 19.7 Å². The van der Waals surface area contributed by atoms with E-state index in [-0.39, 0.29) is 17.8 Å². The molecule has 1 aliphatic heterocycles. The van der Waals surface area contributed by atoms with Crippen LogP contribution in [0.25, 0.3) is 0 Å². The molecule has 0 aliphatic carbocycles. The van der Waals surface area contributed by atoms with Gasteiger partial charge in [-0.15, -0.1) is 13.2 Å². The van der Waals surface area contributed by atoms with E-state index < -0.39 is 6.36 Å². The Morgan fingerprint density at radius 3 is 2.81 bits per heavy atom. The van der Waals surface area contributed by atoms with E-state index in [2.05, 4.69) is 17.0 Å². The predicted molar refractivity (Wildman–Crippen MR) is 73.1 cm³/mol. The number of para-hydroxylation sites is 1. The molecular formula is C15H20F3NO2. The maximum absolute atomic E-state index is 12.5. The molecule has 2 unspecified atom stereocenters. The Balaban J connectivity index is 2.12. The molecule has 0 saturated carbocycles. The highest BCUT2D eigenvalue weighted by atomic mass is 19.4. The Morgan fingerprint density at radius 1 is 1.33 bits per heavy atom. The van der Waals surface area contributed by atoms with Crippen molar-refractivity contribution in [1.82, 2.24) is 5.32 Å². The smallest absolute Gasteiger partial charge is 0.405 e.